The lowest BCUT2D eigenvalue weighted by Gasteiger charge is -2.26. The molecule has 1 aliphatic carbocycles. The van der Waals surface area contributed by atoms with Crippen LogP contribution in [0.3, 0.4) is 0 Å². The fraction of sp³-hybridized carbons (Fsp3) is 0.533. The smallest absolute Gasteiger partial charge is 0.261 e. The van der Waals surface area contributed by atoms with Gasteiger partial charge in [0.1, 0.15) is 0 Å². The summed E-state index contributed by atoms with van der Waals surface area (Å²) in [5.74, 6) is -2.12. The Kier molecular flexibility index (Phi) is 4.43. The number of hydrogen-bond acceptors (Lipinski definition) is 5. The number of rotatable bonds is 4. The topological polar surface area (TPSA) is 68.0 Å². The van der Waals surface area contributed by atoms with Crippen LogP contribution in [0.25, 0.3) is 0 Å². The van der Waals surface area contributed by atoms with E-state index < -0.39 is 5.92 Å². The molecule has 23 heavy (non-hydrogen) atoms. The van der Waals surface area contributed by atoms with E-state index in [2.05, 4.69) is 15.5 Å². The number of alkyl halides is 2. The summed E-state index contributed by atoms with van der Waals surface area (Å²) in [6, 6.07) is 3.64. The predicted molar refractivity (Wildman–Crippen MR) is 80.7 cm³/mol. The van der Waals surface area contributed by atoms with E-state index >= 15 is 0 Å². The molecule has 0 spiro atoms. The first-order chi connectivity index (χ1) is 10.9. The van der Waals surface area contributed by atoms with E-state index in [4.69, 9.17) is 4.52 Å². The van der Waals surface area contributed by atoms with Gasteiger partial charge in [0, 0.05) is 23.6 Å². The SMILES string of the molecule is Cc1ccc(C(=O)NCc2nc(C3CCC(F)(F)CC3)no2)s1. The molecule has 124 valence electrons. The van der Waals surface area contributed by atoms with Gasteiger partial charge in [-0.15, -0.1) is 11.3 Å². The molecule has 0 bridgehead atoms. The van der Waals surface area contributed by atoms with Crippen molar-refractivity contribution in [3.63, 3.8) is 0 Å². The Morgan fingerprint density at radius 3 is 2.83 bits per heavy atom. The highest BCUT2D eigenvalue weighted by molar-refractivity contribution is 7.13. The van der Waals surface area contributed by atoms with Crippen molar-refractivity contribution in [3.05, 3.63) is 33.6 Å². The number of aryl methyl sites for hydroxylation is 1. The first-order valence-electron chi connectivity index (χ1n) is 7.48. The molecule has 3 rings (SSSR count). The molecule has 2 aromatic heterocycles. The highest BCUT2D eigenvalue weighted by Gasteiger charge is 2.36. The van der Waals surface area contributed by atoms with E-state index in [0.717, 1.165) is 4.88 Å². The van der Waals surface area contributed by atoms with Crippen LogP contribution in [0.15, 0.2) is 16.7 Å². The van der Waals surface area contributed by atoms with Crippen LogP contribution < -0.4 is 5.32 Å². The molecule has 5 nitrogen and oxygen atoms in total. The van der Waals surface area contributed by atoms with E-state index in [-0.39, 0.29) is 31.2 Å². The third-order valence-corrected chi connectivity index (χ3v) is 4.93. The highest BCUT2D eigenvalue weighted by atomic mass is 32.1. The Bertz CT molecular complexity index is 688. The van der Waals surface area contributed by atoms with Crippen molar-refractivity contribution in [3.8, 4) is 0 Å². The molecule has 1 N–H and O–H groups in total. The number of carbonyl (C=O) groups is 1. The van der Waals surface area contributed by atoms with Gasteiger partial charge in [-0.3, -0.25) is 4.79 Å². The normalized spacial score (nSPS) is 18.0. The Labute approximate surface area is 136 Å². The average molecular weight is 341 g/mol. The van der Waals surface area contributed by atoms with Crippen molar-refractivity contribution < 1.29 is 18.1 Å². The van der Waals surface area contributed by atoms with Crippen LogP contribution in [-0.4, -0.2) is 22.0 Å². The molecule has 0 aliphatic heterocycles. The summed E-state index contributed by atoms with van der Waals surface area (Å²) in [5, 5.41) is 6.58. The Morgan fingerprint density at radius 1 is 1.43 bits per heavy atom. The van der Waals surface area contributed by atoms with Gasteiger partial charge >= 0.3 is 0 Å². The van der Waals surface area contributed by atoms with Crippen LogP contribution >= 0.6 is 11.3 Å². The maximum absolute atomic E-state index is 13.2. The van der Waals surface area contributed by atoms with Crippen molar-refractivity contribution in [1.29, 1.82) is 0 Å². The van der Waals surface area contributed by atoms with Crippen LogP contribution in [0.1, 0.15) is 57.9 Å². The lowest BCUT2D eigenvalue weighted by molar-refractivity contribution is -0.0389. The zero-order valence-electron chi connectivity index (χ0n) is 12.6. The number of thiophene rings is 1. The van der Waals surface area contributed by atoms with Gasteiger partial charge in [-0.25, -0.2) is 8.78 Å². The van der Waals surface area contributed by atoms with Crippen LogP contribution in [0.5, 0.6) is 0 Å². The molecule has 0 saturated heterocycles. The van der Waals surface area contributed by atoms with E-state index in [1.165, 1.54) is 11.3 Å². The third-order valence-electron chi connectivity index (χ3n) is 3.93. The van der Waals surface area contributed by atoms with Crippen molar-refractivity contribution in [2.24, 2.45) is 0 Å². The summed E-state index contributed by atoms with van der Waals surface area (Å²) >= 11 is 1.41. The summed E-state index contributed by atoms with van der Waals surface area (Å²) in [7, 11) is 0. The highest BCUT2D eigenvalue weighted by Crippen LogP contribution is 2.39. The zero-order valence-corrected chi connectivity index (χ0v) is 13.5. The molecule has 1 fully saturated rings. The molecule has 0 aromatic carbocycles. The second kappa shape index (κ2) is 6.35. The molecule has 8 heteroatoms. The summed E-state index contributed by atoms with van der Waals surface area (Å²) in [4.78, 5) is 17.8. The van der Waals surface area contributed by atoms with E-state index in [1.807, 2.05) is 13.0 Å². The Balaban J connectivity index is 1.54. The van der Waals surface area contributed by atoms with Gasteiger partial charge in [-0.05, 0) is 31.9 Å². The van der Waals surface area contributed by atoms with Gasteiger partial charge in [0.05, 0.1) is 11.4 Å². The summed E-state index contributed by atoms with van der Waals surface area (Å²) in [6.07, 6.45) is 0.422. The van der Waals surface area contributed by atoms with Gasteiger partial charge in [0.15, 0.2) is 5.82 Å². The lowest BCUT2D eigenvalue weighted by atomic mass is 9.86. The van der Waals surface area contributed by atoms with Crippen LogP contribution in [-0.2, 0) is 6.54 Å². The fourth-order valence-electron chi connectivity index (χ4n) is 2.60. The largest absolute Gasteiger partial charge is 0.342 e. The monoisotopic (exact) mass is 341 g/mol. The lowest BCUT2D eigenvalue weighted by Crippen LogP contribution is -2.24. The molecule has 0 radical (unpaired) electrons. The van der Waals surface area contributed by atoms with E-state index in [1.54, 1.807) is 6.07 Å². The molecule has 1 saturated carbocycles. The maximum atomic E-state index is 13.2. The quantitative estimate of drug-likeness (QED) is 0.921. The van der Waals surface area contributed by atoms with Gasteiger partial charge in [0.2, 0.25) is 11.8 Å². The Hall–Kier alpha value is -1.83. The minimum absolute atomic E-state index is 0.0947. The first-order valence-corrected chi connectivity index (χ1v) is 8.29. The minimum Gasteiger partial charge on any atom is -0.342 e. The van der Waals surface area contributed by atoms with Gasteiger partial charge in [-0.1, -0.05) is 5.16 Å². The Morgan fingerprint density at radius 2 is 2.17 bits per heavy atom. The van der Waals surface area contributed by atoms with Crippen molar-refractivity contribution in [1.82, 2.24) is 15.5 Å². The summed E-state index contributed by atoms with van der Waals surface area (Å²) < 4.78 is 31.4. The van der Waals surface area contributed by atoms with Gasteiger partial charge in [0.25, 0.3) is 5.91 Å². The minimum atomic E-state index is -2.57. The number of amides is 1. The third kappa shape index (κ3) is 3.93. The fourth-order valence-corrected chi connectivity index (χ4v) is 3.39. The van der Waals surface area contributed by atoms with Crippen molar-refractivity contribution >= 4 is 17.2 Å². The second-order valence-electron chi connectivity index (χ2n) is 5.77. The molecule has 0 atom stereocenters. The zero-order chi connectivity index (χ0) is 16.4. The summed E-state index contributed by atoms with van der Waals surface area (Å²) in [6.45, 7) is 2.06. The van der Waals surface area contributed by atoms with E-state index in [9.17, 15) is 13.6 Å². The van der Waals surface area contributed by atoms with Gasteiger partial charge in [-0.2, -0.15) is 4.98 Å². The number of nitrogens with zero attached hydrogens (tertiary/aromatic N) is 2. The number of aromatic nitrogens is 2. The predicted octanol–water partition coefficient (Wildman–Crippen LogP) is 3.66. The van der Waals surface area contributed by atoms with E-state index in [0.29, 0.717) is 29.4 Å². The molecule has 1 amide bonds. The molecule has 2 heterocycles. The molecular formula is C15H17F2N3O2S. The maximum Gasteiger partial charge on any atom is 0.261 e. The summed E-state index contributed by atoms with van der Waals surface area (Å²) in [5.41, 5.74) is 0. The number of halogens is 2. The first kappa shape index (κ1) is 16.0. The number of nitrogens with one attached hydrogen (secondary N) is 1. The van der Waals surface area contributed by atoms with Crippen LogP contribution in [0, 0.1) is 6.92 Å². The average Bonchev–Trinajstić information content (AvgIpc) is 3.14. The number of carbonyl (C=O) groups excluding carboxylic acids is 1. The molecule has 1 aliphatic rings. The second-order valence-corrected chi connectivity index (χ2v) is 7.06. The number of hydrogen-bond donors (Lipinski definition) is 1. The van der Waals surface area contributed by atoms with Crippen LogP contribution in [0.4, 0.5) is 8.78 Å². The molecular weight excluding hydrogens is 324 g/mol. The standard InChI is InChI=1S/C15H17F2N3O2S/c1-9-2-3-11(23-9)14(21)18-8-12-19-13(20-22-12)10-4-6-15(16,17)7-5-10/h2-3,10H,4-8H2,1H3,(H,18,21). The van der Waals surface area contributed by atoms with Crippen molar-refractivity contribution in [2.75, 3.05) is 0 Å². The molecule has 2 aromatic rings. The molecule has 0 unspecified atom stereocenters. The van der Waals surface area contributed by atoms with Crippen LogP contribution in [0.2, 0.25) is 0 Å². The van der Waals surface area contributed by atoms with Crippen molar-refractivity contribution in [2.45, 2.75) is 51.0 Å². The van der Waals surface area contributed by atoms with Gasteiger partial charge < -0.3 is 9.84 Å².